The summed E-state index contributed by atoms with van der Waals surface area (Å²) in [6.45, 7) is 0. The van der Waals surface area contributed by atoms with Crippen LogP contribution in [0.3, 0.4) is 0 Å². The molecule has 0 unspecified atom stereocenters. The van der Waals surface area contributed by atoms with Crippen molar-refractivity contribution < 1.29 is 4.39 Å². The van der Waals surface area contributed by atoms with E-state index in [1.165, 1.54) is 12.1 Å². The molecule has 1 heterocycles. The van der Waals surface area contributed by atoms with Crippen molar-refractivity contribution in [2.24, 2.45) is 0 Å². The summed E-state index contributed by atoms with van der Waals surface area (Å²) in [7, 11) is 0. The van der Waals surface area contributed by atoms with Gasteiger partial charge in [0.15, 0.2) is 5.82 Å². The molecule has 0 aliphatic carbocycles. The van der Waals surface area contributed by atoms with Crippen molar-refractivity contribution in [3.63, 3.8) is 0 Å². The third kappa shape index (κ3) is 4.09. The molecule has 0 fully saturated rings. The first-order chi connectivity index (χ1) is 17.3. The summed E-state index contributed by atoms with van der Waals surface area (Å²) in [5.41, 5.74) is 6.82. The van der Waals surface area contributed by atoms with Gasteiger partial charge in [-0.15, -0.1) is 0 Å². The van der Waals surface area contributed by atoms with Crippen LogP contribution in [-0.2, 0) is 0 Å². The maximum absolute atomic E-state index is 13.5. The van der Waals surface area contributed by atoms with Crippen molar-refractivity contribution in [2.75, 3.05) is 0 Å². The molecule has 2 nitrogen and oxygen atoms in total. The minimum Gasteiger partial charge on any atom is -0.228 e. The van der Waals surface area contributed by atoms with Crippen molar-refractivity contribution in [1.29, 1.82) is 0 Å². The average molecular weight is 453 g/mol. The third-order valence-corrected chi connectivity index (χ3v) is 6.18. The van der Waals surface area contributed by atoms with Crippen LogP contribution in [0.2, 0.25) is 0 Å². The van der Waals surface area contributed by atoms with E-state index in [0.717, 1.165) is 50.0 Å². The average Bonchev–Trinajstić information content (AvgIpc) is 2.94. The molecule has 0 radical (unpaired) electrons. The van der Waals surface area contributed by atoms with Gasteiger partial charge in [-0.3, -0.25) is 0 Å². The second kappa shape index (κ2) is 8.96. The second-order valence-corrected chi connectivity index (χ2v) is 8.41. The number of hydrogen-bond acceptors (Lipinski definition) is 2. The highest BCUT2D eigenvalue weighted by Gasteiger charge is 2.14. The lowest BCUT2D eigenvalue weighted by Crippen LogP contribution is -1.96. The van der Waals surface area contributed by atoms with Crippen LogP contribution in [0, 0.1) is 5.82 Å². The SMILES string of the molecule is Fc1ccc(-c2ccc(-c3cc(-c4ccccc4)nc(-c4ccccc4)n3)c3ccccc23)cc1. The molecule has 5 aromatic carbocycles. The number of fused-ring (bicyclic) bond motifs is 1. The first kappa shape index (κ1) is 20.9. The standard InChI is InChI=1S/C32H21FN2/c33-25-17-15-22(16-18-25)26-19-20-29(28-14-8-7-13-27(26)28)31-21-30(23-9-3-1-4-10-23)34-32(35-31)24-11-5-2-6-12-24/h1-21H. The van der Waals surface area contributed by atoms with E-state index in [0.29, 0.717) is 5.82 Å². The molecule has 0 spiro atoms. The maximum atomic E-state index is 13.5. The Morgan fingerprint density at radius 3 is 1.66 bits per heavy atom. The van der Waals surface area contributed by atoms with Crippen LogP contribution in [0.5, 0.6) is 0 Å². The number of nitrogens with zero attached hydrogens (tertiary/aromatic N) is 2. The van der Waals surface area contributed by atoms with Gasteiger partial charge in [0.1, 0.15) is 5.82 Å². The molecule has 0 amide bonds. The molecule has 1 aromatic heterocycles. The predicted molar refractivity (Wildman–Crippen MR) is 141 cm³/mol. The van der Waals surface area contributed by atoms with Gasteiger partial charge in [0.25, 0.3) is 0 Å². The summed E-state index contributed by atoms with van der Waals surface area (Å²) >= 11 is 0. The van der Waals surface area contributed by atoms with E-state index in [9.17, 15) is 4.39 Å². The molecular weight excluding hydrogens is 431 g/mol. The monoisotopic (exact) mass is 452 g/mol. The Hall–Kier alpha value is -4.63. The predicted octanol–water partition coefficient (Wildman–Crippen LogP) is 8.44. The molecular formula is C32H21FN2. The summed E-state index contributed by atoms with van der Waals surface area (Å²) in [5.74, 6) is 0.450. The number of benzene rings is 5. The molecule has 0 aliphatic heterocycles. The number of rotatable bonds is 4. The first-order valence-electron chi connectivity index (χ1n) is 11.5. The first-order valence-corrected chi connectivity index (χ1v) is 11.5. The van der Waals surface area contributed by atoms with E-state index >= 15 is 0 Å². The van der Waals surface area contributed by atoms with Gasteiger partial charge >= 0.3 is 0 Å². The Morgan fingerprint density at radius 2 is 0.971 bits per heavy atom. The van der Waals surface area contributed by atoms with Gasteiger partial charge in [-0.2, -0.15) is 0 Å². The summed E-state index contributed by atoms with van der Waals surface area (Å²) in [6, 6.07) is 41.4. The Balaban J connectivity index is 1.58. The van der Waals surface area contributed by atoms with E-state index in [1.807, 2.05) is 72.8 Å². The van der Waals surface area contributed by atoms with Crippen LogP contribution >= 0.6 is 0 Å². The van der Waals surface area contributed by atoms with Crippen LogP contribution in [-0.4, -0.2) is 9.97 Å². The molecule has 166 valence electrons. The van der Waals surface area contributed by atoms with Crippen molar-refractivity contribution >= 4 is 10.8 Å². The lowest BCUT2D eigenvalue weighted by Gasteiger charge is -2.14. The Bertz CT molecular complexity index is 1570. The van der Waals surface area contributed by atoms with Gasteiger partial charge in [-0.1, -0.05) is 109 Å². The highest BCUT2D eigenvalue weighted by Crippen LogP contribution is 2.36. The van der Waals surface area contributed by atoms with E-state index in [2.05, 4.69) is 42.5 Å². The maximum Gasteiger partial charge on any atom is 0.160 e. The van der Waals surface area contributed by atoms with Gasteiger partial charge in [-0.25, -0.2) is 14.4 Å². The smallest absolute Gasteiger partial charge is 0.160 e. The molecule has 0 bridgehead atoms. The number of hydrogen-bond donors (Lipinski definition) is 0. The summed E-state index contributed by atoms with van der Waals surface area (Å²) in [6.07, 6.45) is 0. The van der Waals surface area contributed by atoms with Crippen molar-refractivity contribution in [3.05, 3.63) is 133 Å². The van der Waals surface area contributed by atoms with Gasteiger partial charge in [0.05, 0.1) is 11.4 Å². The van der Waals surface area contributed by atoms with Gasteiger partial charge in [0.2, 0.25) is 0 Å². The van der Waals surface area contributed by atoms with E-state index < -0.39 is 0 Å². The Morgan fingerprint density at radius 1 is 0.429 bits per heavy atom. The Kier molecular flexibility index (Phi) is 5.36. The highest BCUT2D eigenvalue weighted by atomic mass is 19.1. The van der Waals surface area contributed by atoms with Crippen LogP contribution in [0.15, 0.2) is 127 Å². The minimum atomic E-state index is -0.238. The van der Waals surface area contributed by atoms with Crippen LogP contribution < -0.4 is 0 Å². The van der Waals surface area contributed by atoms with E-state index in [-0.39, 0.29) is 5.82 Å². The fraction of sp³-hybridized carbons (Fsp3) is 0. The van der Waals surface area contributed by atoms with Gasteiger partial charge in [0, 0.05) is 16.7 Å². The minimum absolute atomic E-state index is 0.238. The summed E-state index contributed by atoms with van der Waals surface area (Å²) in [5, 5.41) is 2.18. The lowest BCUT2D eigenvalue weighted by molar-refractivity contribution is 0.628. The molecule has 0 N–H and O–H groups in total. The second-order valence-electron chi connectivity index (χ2n) is 8.41. The molecule has 3 heteroatoms. The molecule has 6 aromatic rings. The van der Waals surface area contributed by atoms with Crippen molar-refractivity contribution in [1.82, 2.24) is 9.97 Å². The zero-order valence-electron chi connectivity index (χ0n) is 18.9. The molecule has 0 atom stereocenters. The normalized spacial score (nSPS) is 11.0. The van der Waals surface area contributed by atoms with E-state index in [1.54, 1.807) is 0 Å². The van der Waals surface area contributed by atoms with E-state index in [4.69, 9.17) is 9.97 Å². The summed E-state index contributed by atoms with van der Waals surface area (Å²) < 4.78 is 13.5. The van der Waals surface area contributed by atoms with Crippen molar-refractivity contribution in [3.8, 4) is 45.0 Å². The summed E-state index contributed by atoms with van der Waals surface area (Å²) in [4.78, 5) is 9.91. The zero-order valence-corrected chi connectivity index (χ0v) is 18.9. The molecule has 6 rings (SSSR count). The van der Waals surface area contributed by atoms with Gasteiger partial charge < -0.3 is 0 Å². The van der Waals surface area contributed by atoms with Gasteiger partial charge in [-0.05, 0) is 40.1 Å². The van der Waals surface area contributed by atoms with Crippen LogP contribution in [0.25, 0.3) is 55.8 Å². The molecule has 35 heavy (non-hydrogen) atoms. The number of aromatic nitrogens is 2. The van der Waals surface area contributed by atoms with Crippen molar-refractivity contribution in [2.45, 2.75) is 0 Å². The zero-order chi connectivity index (χ0) is 23.6. The Labute approximate surface area is 203 Å². The van der Waals surface area contributed by atoms with Crippen LogP contribution in [0.4, 0.5) is 4.39 Å². The fourth-order valence-electron chi connectivity index (χ4n) is 4.46. The lowest BCUT2D eigenvalue weighted by atomic mass is 9.93. The molecule has 0 saturated heterocycles. The molecule has 0 aliphatic rings. The highest BCUT2D eigenvalue weighted by molar-refractivity contribution is 6.04. The third-order valence-electron chi connectivity index (χ3n) is 6.18. The largest absolute Gasteiger partial charge is 0.228 e. The quantitative estimate of drug-likeness (QED) is 0.268. The topological polar surface area (TPSA) is 25.8 Å². The number of halogens is 1. The fourth-order valence-corrected chi connectivity index (χ4v) is 4.46. The molecule has 0 saturated carbocycles. The van der Waals surface area contributed by atoms with Crippen LogP contribution in [0.1, 0.15) is 0 Å².